The average molecular weight is 356 g/mol. The van der Waals surface area contributed by atoms with Crippen LogP contribution in [0.3, 0.4) is 0 Å². The molecule has 0 unspecified atom stereocenters. The van der Waals surface area contributed by atoms with E-state index in [1.165, 1.54) is 11.1 Å². The van der Waals surface area contributed by atoms with Crippen molar-refractivity contribution in [2.45, 2.75) is 24.5 Å². The van der Waals surface area contributed by atoms with Crippen LogP contribution in [0.2, 0.25) is 0 Å². The molecule has 1 amide bonds. The molecule has 3 atom stereocenters. The molecule has 2 aromatic carbocycles. The average Bonchev–Trinajstić information content (AvgIpc) is 3.23. The van der Waals surface area contributed by atoms with Crippen LogP contribution in [0.1, 0.15) is 39.9 Å². The number of fused-ring (bicyclic) bond motifs is 2. The van der Waals surface area contributed by atoms with Crippen molar-refractivity contribution < 1.29 is 9.53 Å². The van der Waals surface area contributed by atoms with E-state index >= 15 is 0 Å². The molecule has 1 aliphatic carbocycles. The Hall–Kier alpha value is -1.65. The number of anilines is 1. The Morgan fingerprint density at radius 2 is 1.95 bits per heavy atom. The maximum atomic E-state index is 12.9. The zero-order valence-electron chi connectivity index (χ0n) is 11.8. The van der Waals surface area contributed by atoms with Gasteiger partial charge >= 0.3 is 0 Å². The SMILES string of the molecule is O=C(c1ccccc1)N1C[C@@H]2C[C@H]3O[C@H]3c3c(Br)ccc1c32. The minimum atomic E-state index is 0.0918. The van der Waals surface area contributed by atoms with Crippen molar-refractivity contribution in [2.24, 2.45) is 0 Å². The summed E-state index contributed by atoms with van der Waals surface area (Å²) in [5.74, 6) is 0.494. The maximum absolute atomic E-state index is 12.9. The van der Waals surface area contributed by atoms with Crippen LogP contribution in [0.4, 0.5) is 5.69 Å². The fourth-order valence-electron chi connectivity index (χ4n) is 3.94. The van der Waals surface area contributed by atoms with E-state index in [0.29, 0.717) is 12.0 Å². The summed E-state index contributed by atoms with van der Waals surface area (Å²) < 4.78 is 6.90. The summed E-state index contributed by atoms with van der Waals surface area (Å²) >= 11 is 3.66. The van der Waals surface area contributed by atoms with E-state index in [9.17, 15) is 4.79 Å². The zero-order chi connectivity index (χ0) is 14.8. The number of halogens is 1. The van der Waals surface area contributed by atoms with Gasteiger partial charge in [0.15, 0.2) is 0 Å². The lowest BCUT2D eigenvalue weighted by Crippen LogP contribution is -2.30. The summed E-state index contributed by atoms with van der Waals surface area (Å²) in [5, 5.41) is 0. The molecule has 3 nitrogen and oxygen atoms in total. The molecular formula is C18H14BrNO2. The van der Waals surface area contributed by atoms with Gasteiger partial charge in [-0.15, -0.1) is 0 Å². The minimum Gasteiger partial charge on any atom is -0.364 e. The molecule has 5 rings (SSSR count). The second-order valence-electron chi connectivity index (χ2n) is 6.20. The predicted molar refractivity (Wildman–Crippen MR) is 87.2 cm³/mol. The van der Waals surface area contributed by atoms with E-state index in [2.05, 4.69) is 22.0 Å². The van der Waals surface area contributed by atoms with Crippen LogP contribution < -0.4 is 4.90 Å². The Morgan fingerprint density at radius 3 is 2.77 bits per heavy atom. The molecular weight excluding hydrogens is 342 g/mol. The van der Waals surface area contributed by atoms with E-state index in [1.54, 1.807) is 0 Å². The Labute approximate surface area is 137 Å². The quantitative estimate of drug-likeness (QED) is 0.723. The summed E-state index contributed by atoms with van der Waals surface area (Å²) in [7, 11) is 0. The van der Waals surface area contributed by atoms with Gasteiger partial charge in [-0.1, -0.05) is 34.1 Å². The van der Waals surface area contributed by atoms with Crippen molar-refractivity contribution in [3.05, 3.63) is 63.6 Å². The summed E-state index contributed by atoms with van der Waals surface area (Å²) in [5.41, 5.74) is 4.39. The molecule has 0 radical (unpaired) electrons. The number of carbonyl (C=O) groups is 1. The van der Waals surface area contributed by atoms with Gasteiger partial charge < -0.3 is 9.64 Å². The molecule has 0 saturated carbocycles. The third-order valence-electron chi connectivity index (χ3n) is 4.96. The lowest BCUT2D eigenvalue weighted by atomic mass is 9.84. The first-order chi connectivity index (χ1) is 10.7. The molecule has 1 saturated heterocycles. The molecule has 2 heterocycles. The van der Waals surface area contributed by atoms with E-state index in [0.717, 1.165) is 28.7 Å². The first kappa shape index (κ1) is 12.9. The standard InChI is InChI=1S/C18H14BrNO2/c19-12-6-7-13-15-11(8-14-17(22-14)16(12)15)9-20(13)18(21)10-4-2-1-3-5-10/h1-7,11,14,17H,8-9H2/t11-,14+,17+/m0/s1. The van der Waals surface area contributed by atoms with Crippen LogP contribution in [-0.2, 0) is 4.74 Å². The van der Waals surface area contributed by atoms with E-state index < -0.39 is 0 Å². The predicted octanol–water partition coefficient (Wildman–Crippen LogP) is 4.04. The van der Waals surface area contributed by atoms with Crippen LogP contribution in [0.25, 0.3) is 0 Å². The monoisotopic (exact) mass is 355 g/mol. The van der Waals surface area contributed by atoms with Gasteiger partial charge in [0.1, 0.15) is 6.10 Å². The number of hydrogen-bond acceptors (Lipinski definition) is 2. The lowest BCUT2D eigenvalue weighted by Gasteiger charge is -2.18. The molecule has 0 bridgehead atoms. The first-order valence-electron chi connectivity index (χ1n) is 7.58. The smallest absolute Gasteiger partial charge is 0.258 e. The topological polar surface area (TPSA) is 32.8 Å². The van der Waals surface area contributed by atoms with Crippen molar-refractivity contribution in [3.8, 4) is 0 Å². The van der Waals surface area contributed by atoms with E-state index in [1.807, 2.05) is 41.3 Å². The largest absolute Gasteiger partial charge is 0.364 e. The van der Waals surface area contributed by atoms with Gasteiger partial charge in [-0.3, -0.25) is 4.79 Å². The molecule has 0 spiro atoms. The number of nitrogens with zero attached hydrogens (tertiary/aromatic N) is 1. The van der Waals surface area contributed by atoms with Gasteiger partial charge in [0.05, 0.1) is 6.10 Å². The summed E-state index contributed by atoms with van der Waals surface area (Å²) in [6.45, 7) is 0.763. The molecule has 0 N–H and O–H groups in total. The van der Waals surface area contributed by atoms with Crippen LogP contribution in [0.5, 0.6) is 0 Å². The molecule has 4 heteroatoms. The van der Waals surface area contributed by atoms with Crippen molar-refractivity contribution in [2.75, 3.05) is 11.4 Å². The van der Waals surface area contributed by atoms with Gasteiger partial charge in [0.25, 0.3) is 5.91 Å². The number of ether oxygens (including phenoxy) is 1. The highest BCUT2D eigenvalue weighted by molar-refractivity contribution is 9.10. The summed E-state index contributed by atoms with van der Waals surface area (Å²) in [6.07, 6.45) is 1.60. The third kappa shape index (κ3) is 1.68. The molecule has 2 aliphatic heterocycles. The first-order valence-corrected chi connectivity index (χ1v) is 8.38. The molecule has 1 fully saturated rings. The van der Waals surface area contributed by atoms with Gasteiger partial charge in [0.2, 0.25) is 0 Å². The second-order valence-corrected chi connectivity index (χ2v) is 7.06. The number of hydrogen-bond donors (Lipinski definition) is 0. The summed E-state index contributed by atoms with van der Waals surface area (Å²) in [4.78, 5) is 14.8. The van der Waals surface area contributed by atoms with Gasteiger partial charge in [0, 0.05) is 33.7 Å². The zero-order valence-corrected chi connectivity index (χ0v) is 13.4. The number of carbonyl (C=O) groups excluding carboxylic acids is 1. The number of rotatable bonds is 1. The van der Waals surface area contributed by atoms with Gasteiger partial charge in [-0.05, 0) is 36.2 Å². The Balaban J connectivity index is 1.62. The van der Waals surface area contributed by atoms with Crippen LogP contribution >= 0.6 is 15.9 Å². The molecule has 3 aliphatic rings. The molecule has 22 heavy (non-hydrogen) atoms. The fraction of sp³-hybridized carbons (Fsp3) is 0.278. The molecule has 110 valence electrons. The van der Waals surface area contributed by atoms with Crippen LogP contribution in [-0.4, -0.2) is 18.6 Å². The van der Waals surface area contributed by atoms with E-state index in [4.69, 9.17) is 4.74 Å². The van der Waals surface area contributed by atoms with Gasteiger partial charge in [-0.2, -0.15) is 0 Å². The lowest BCUT2D eigenvalue weighted by molar-refractivity contribution is 0.0987. The number of epoxide rings is 1. The van der Waals surface area contributed by atoms with Crippen molar-refractivity contribution in [1.29, 1.82) is 0 Å². The molecule has 2 aromatic rings. The highest BCUT2D eigenvalue weighted by atomic mass is 79.9. The van der Waals surface area contributed by atoms with Crippen molar-refractivity contribution in [1.82, 2.24) is 0 Å². The highest BCUT2D eigenvalue weighted by Gasteiger charge is 2.52. The van der Waals surface area contributed by atoms with Crippen molar-refractivity contribution in [3.63, 3.8) is 0 Å². The van der Waals surface area contributed by atoms with Crippen molar-refractivity contribution >= 4 is 27.5 Å². The fourth-order valence-corrected chi connectivity index (χ4v) is 4.51. The number of amides is 1. The Kier molecular flexibility index (Phi) is 2.59. The van der Waals surface area contributed by atoms with Gasteiger partial charge in [-0.25, -0.2) is 0 Å². The van der Waals surface area contributed by atoms with Crippen LogP contribution in [0.15, 0.2) is 46.9 Å². The Bertz CT molecular complexity index is 789. The Morgan fingerprint density at radius 1 is 1.14 bits per heavy atom. The van der Waals surface area contributed by atoms with E-state index in [-0.39, 0.29) is 12.0 Å². The molecule has 0 aromatic heterocycles. The third-order valence-corrected chi connectivity index (χ3v) is 5.65. The maximum Gasteiger partial charge on any atom is 0.258 e. The normalized spacial score (nSPS) is 27.3. The van der Waals surface area contributed by atoms with Crippen LogP contribution in [0, 0.1) is 0 Å². The second kappa shape index (κ2) is 4.43. The number of benzene rings is 2. The summed E-state index contributed by atoms with van der Waals surface area (Å²) in [6, 6.07) is 13.6. The highest BCUT2D eigenvalue weighted by Crippen LogP contribution is 2.58. The minimum absolute atomic E-state index is 0.0918.